The van der Waals surface area contributed by atoms with Crippen molar-refractivity contribution in [2.45, 2.75) is 26.8 Å². The Hall–Kier alpha value is -0.820. The topological polar surface area (TPSA) is 36.9 Å². The lowest BCUT2D eigenvalue weighted by molar-refractivity contribution is 0.157. The van der Waals surface area contributed by atoms with E-state index in [1.807, 2.05) is 0 Å². The molecule has 0 spiro atoms. The fourth-order valence-corrected chi connectivity index (χ4v) is 2.80. The van der Waals surface area contributed by atoms with Gasteiger partial charge in [0.1, 0.15) is 0 Å². The number of methoxy groups -OCH3 is 1. The van der Waals surface area contributed by atoms with Gasteiger partial charge in [-0.2, -0.15) is 0 Å². The number of aryl methyl sites for hydroxylation is 1. The van der Waals surface area contributed by atoms with Crippen molar-refractivity contribution in [1.82, 2.24) is 10.2 Å². The number of aliphatic imine (C=N–C) groups is 1. The van der Waals surface area contributed by atoms with E-state index in [0.29, 0.717) is 5.92 Å². The van der Waals surface area contributed by atoms with E-state index in [1.54, 1.807) is 7.11 Å². The van der Waals surface area contributed by atoms with Crippen LogP contribution in [-0.4, -0.2) is 44.2 Å². The molecule has 5 heteroatoms. The number of ether oxygens (including phenoxy) is 1. The molecular formula is C17H28IN3O. The van der Waals surface area contributed by atoms with E-state index in [1.165, 1.54) is 17.5 Å². The molecule has 0 aromatic heterocycles. The van der Waals surface area contributed by atoms with Crippen molar-refractivity contribution >= 4 is 29.9 Å². The molecule has 1 heterocycles. The van der Waals surface area contributed by atoms with Gasteiger partial charge in [0.25, 0.3) is 0 Å². The molecule has 0 aliphatic carbocycles. The maximum Gasteiger partial charge on any atom is 0.194 e. The number of hydrogen-bond donors (Lipinski definition) is 1. The van der Waals surface area contributed by atoms with Crippen LogP contribution >= 0.6 is 24.0 Å². The summed E-state index contributed by atoms with van der Waals surface area (Å²) in [5, 5.41) is 3.41. The van der Waals surface area contributed by atoms with Gasteiger partial charge in [-0.1, -0.05) is 29.8 Å². The lowest BCUT2D eigenvalue weighted by Crippen LogP contribution is -2.40. The summed E-state index contributed by atoms with van der Waals surface area (Å²) in [6, 6.07) is 8.55. The van der Waals surface area contributed by atoms with Crippen LogP contribution in [0.1, 0.15) is 24.5 Å². The van der Waals surface area contributed by atoms with Crippen LogP contribution in [0.5, 0.6) is 0 Å². The Kier molecular flexibility index (Phi) is 8.78. The average molecular weight is 417 g/mol. The van der Waals surface area contributed by atoms with Crippen LogP contribution in [0.2, 0.25) is 0 Å². The molecule has 1 aliphatic rings. The summed E-state index contributed by atoms with van der Waals surface area (Å²) in [5.74, 6) is 1.65. The summed E-state index contributed by atoms with van der Waals surface area (Å²) in [4.78, 5) is 7.14. The SMILES string of the molecule is CCNC(=NCc1cccc(C)c1)N1CCC(COC)C1.I. The number of guanidine groups is 1. The van der Waals surface area contributed by atoms with Crippen LogP contribution in [0.3, 0.4) is 0 Å². The smallest absolute Gasteiger partial charge is 0.194 e. The Labute approximate surface area is 151 Å². The Morgan fingerprint density at radius 2 is 2.27 bits per heavy atom. The molecule has 4 nitrogen and oxygen atoms in total. The van der Waals surface area contributed by atoms with Gasteiger partial charge < -0.3 is 15.0 Å². The van der Waals surface area contributed by atoms with Gasteiger partial charge in [0, 0.05) is 32.7 Å². The van der Waals surface area contributed by atoms with Gasteiger partial charge in [0.15, 0.2) is 5.96 Å². The number of benzene rings is 1. The normalized spacial score (nSPS) is 18.2. The van der Waals surface area contributed by atoms with E-state index in [2.05, 4.69) is 48.3 Å². The highest BCUT2D eigenvalue weighted by molar-refractivity contribution is 14.0. The van der Waals surface area contributed by atoms with Crippen molar-refractivity contribution in [2.24, 2.45) is 10.9 Å². The zero-order chi connectivity index (χ0) is 15.1. The van der Waals surface area contributed by atoms with Crippen molar-refractivity contribution in [1.29, 1.82) is 0 Å². The number of nitrogens with zero attached hydrogens (tertiary/aromatic N) is 2. The predicted molar refractivity (Wildman–Crippen MR) is 103 cm³/mol. The molecule has 0 bridgehead atoms. The van der Waals surface area contributed by atoms with Gasteiger partial charge in [-0.15, -0.1) is 24.0 Å². The Balaban J connectivity index is 0.00000242. The third kappa shape index (κ3) is 5.76. The minimum absolute atomic E-state index is 0. The molecule has 1 aliphatic heterocycles. The third-order valence-electron chi connectivity index (χ3n) is 3.82. The van der Waals surface area contributed by atoms with Crippen LogP contribution in [0.25, 0.3) is 0 Å². The van der Waals surface area contributed by atoms with Gasteiger partial charge >= 0.3 is 0 Å². The molecule has 1 fully saturated rings. The molecular weight excluding hydrogens is 389 g/mol. The monoisotopic (exact) mass is 417 g/mol. The molecule has 1 aromatic carbocycles. The molecule has 1 atom stereocenters. The van der Waals surface area contributed by atoms with E-state index >= 15 is 0 Å². The van der Waals surface area contributed by atoms with Gasteiger partial charge in [-0.3, -0.25) is 0 Å². The van der Waals surface area contributed by atoms with Crippen LogP contribution < -0.4 is 5.32 Å². The van der Waals surface area contributed by atoms with Gasteiger partial charge in [0.2, 0.25) is 0 Å². The molecule has 0 radical (unpaired) electrons. The second kappa shape index (κ2) is 10.0. The quantitative estimate of drug-likeness (QED) is 0.455. The van der Waals surface area contributed by atoms with E-state index in [0.717, 1.165) is 38.7 Å². The highest BCUT2D eigenvalue weighted by Gasteiger charge is 2.24. The molecule has 22 heavy (non-hydrogen) atoms. The molecule has 0 saturated carbocycles. The first-order valence-corrected chi connectivity index (χ1v) is 7.80. The number of nitrogens with one attached hydrogen (secondary N) is 1. The summed E-state index contributed by atoms with van der Waals surface area (Å²) < 4.78 is 5.27. The van der Waals surface area contributed by atoms with Gasteiger partial charge in [-0.25, -0.2) is 4.99 Å². The Morgan fingerprint density at radius 3 is 2.95 bits per heavy atom. The molecule has 1 N–H and O–H groups in total. The van der Waals surface area contributed by atoms with Gasteiger partial charge in [-0.05, 0) is 25.8 Å². The van der Waals surface area contributed by atoms with Crippen LogP contribution in [0, 0.1) is 12.8 Å². The summed E-state index contributed by atoms with van der Waals surface area (Å²) in [7, 11) is 1.78. The highest BCUT2D eigenvalue weighted by atomic mass is 127. The van der Waals surface area contributed by atoms with Crippen LogP contribution in [0.4, 0.5) is 0 Å². The lowest BCUT2D eigenvalue weighted by Gasteiger charge is -2.21. The van der Waals surface area contributed by atoms with E-state index in [-0.39, 0.29) is 24.0 Å². The number of likely N-dealkylation sites (tertiary alicyclic amines) is 1. The van der Waals surface area contributed by atoms with Crippen molar-refractivity contribution in [3.05, 3.63) is 35.4 Å². The zero-order valence-corrected chi connectivity index (χ0v) is 16.2. The molecule has 1 saturated heterocycles. The Morgan fingerprint density at radius 1 is 1.45 bits per heavy atom. The Bertz CT molecular complexity index is 479. The minimum atomic E-state index is 0. The minimum Gasteiger partial charge on any atom is -0.384 e. The van der Waals surface area contributed by atoms with Crippen molar-refractivity contribution in [3.8, 4) is 0 Å². The second-order valence-corrected chi connectivity index (χ2v) is 5.72. The second-order valence-electron chi connectivity index (χ2n) is 5.72. The number of halogens is 1. The summed E-state index contributed by atoms with van der Waals surface area (Å²) >= 11 is 0. The fourth-order valence-electron chi connectivity index (χ4n) is 2.80. The lowest BCUT2D eigenvalue weighted by atomic mass is 10.1. The largest absolute Gasteiger partial charge is 0.384 e. The first kappa shape index (κ1) is 19.2. The molecule has 124 valence electrons. The highest BCUT2D eigenvalue weighted by Crippen LogP contribution is 2.16. The zero-order valence-electron chi connectivity index (χ0n) is 13.8. The summed E-state index contributed by atoms with van der Waals surface area (Å²) in [6.45, 7) is 8.81. The summed E-state index contributed by atoms with van der Waals surface area (Å²) in [5.41, 5.74) is 2.55. The van der Waals surface area contributed by atoms with Gasteiger partial charge in [0.05, 0.1) is 13.2 Å². The molecule has 1 unspecified atom stereocenters. The van der Waals surface area contributed by atoms with Crippen molar-refractivity contribution in [3.63, 3.8) is 0 Å². The first-order valence-electron chi connectivity index (χ1n) is 7.80. The number of hydrogen-bond acceptors (Lipinski definition) is 2. The van der Waals surface area contributed by atoms with E-state index in [9.17, 15) is 0 Å². The average Bonchev–Trinajstić information content (AvgIpc) is 2.92. The predicted octanol–water partition coefficient (Wildman–Crippen LogP) is 3.05. The van der Waals surface area contributed by atoms with Crippen molar-refractivity contribution in [2.75, 3.05) is 33.4 Å². The van der Waals surface area contributed by atoms with E-state index in [4.69, 9.17) is 9.73 Å². The fraction of sp³-hybridized carbons (Fsp3) is 0.588. The van der Waals surface area contributed by atoms with Crippen LogP contribution in [-0.2, 0) is 11.3 Å². The number of rotatable bonds is 5. The third-order valence-corrected chi connectivity index (χ3v) is 3.82. The maximum absolute atomic E-state index is 5.27. The first-order chi connectivity index (χ1) is 10.2. The molecule has 2 rings (SSSR count). The molecule has 1 aromatic rings. The summed E-state index contributed by atoms with van der Waals surface area (Å²) in [6.07, 6.45) is 1.18. The standard InChI is InChI=1S/C17H27N3O.HI/c1-4-18-17(20-9-8-16(12-20)13-21-3)19-11-15-7-5-6-14(2)10-15;/h5-7,10,16H,4,8-9,11-13H2,1-3H3,(H,18,19);1H. The maximum atomic E-state index is 5.27. The van der Waals surface area contributed by atoms with E-state index < -0.39 is 0 Å². The molecule has 0 amide bonds. The van der Waals surface area contributed by atoms with Crippen molar-refractivity contribution < 1.29 is 4.74 Å². The van der Waals surface area contributed by atoms with Crippen LogP contribution in [0.15, 0.2) is 29.3 Å².